The Morgan fingerprint density at radius 3 is 2.93 bits per heavy atom. The quantitative estimate of drug-likeness (QED) is 0.705. The highest BCUT2D eigenvalue weighted by Crippen LogP contribution is 2.26. The predicted octanol–water partition coefficient (Wildman–Crippen LogP) is 3.68. The Labute approximate surface area is 86.5 Å². The summed E-state index contributed by atoms with van der Waals surface area (Å²) in [6.07, 6.45) is 0.442. The van der Waals surface area contributed by atoms with Crippen LogP contribution in [-0.4, -0.2) is 5.78 Å². The van der Waals surface area contributed by atoms with Gasteiger partial charge in [0.2, 0.25) is 0 Å². The lowest BCUT2D eigenvalue weighted by Gasteiger charge is -1.90. The van der Waals surface area contributed by atoms with E-state index in [0.717, 1.165) is 5.39 Å². The van der Waals surface area contributed by atoms with Crippen molar-refractivity contribution in [3.63, 3.8) is 0 Å². The van der Waals surface area contributed by atoms with Crippen molar-refractivity contribution in [2.75, 3.05) is 0 Å². The van der Waals surface area contributed by atoms with Gasteiger partial charge in [0.25, 0.3) is 0 Å². The van der Waals surface area contributed by atoms with E-state index in [9.17, 15) is 4.79 Å². The third-order valence-corrected chi connectivity index (χ3v) is 2.39. The van der Waals surface area contributed by atoms with Gasteiger partial charge in [-0.25, -0.2) is 0 Å². The molecule has 0 saturated carbocycles. The zero-order chi connectivity index (χ0) is 10.1. The molecule has 0 bridgehead atoms. The summed E-state index contributed by atoms with van der Waals surface area (Å²) < 4.78 is 5.37. The average Bonchev–Trinajstić information content (AvgIpc) is 2.62. The fraction of sp³-hybridized carbons (Fsp3) is 0.182. The zero-order valence-corrected chi connectivity index (χ0v) is 8.47. The van der Waals surface area contributed by atoms with Gasteiger partial charge in [-0.05, 0) is 12.1 Å². The number of rotatable bonds is 2. The molecule has 0 amide bonds. The predicted molar refractivity (Wildman–Crippen MR) is 55.8 cm³/mol. The molecule has 0 unspecified atom stereocenters. The van der Waals surface area contributed by atoms with Crippen molar-refractivity contribution in [3.8, 4) is 0 Å². The molecule has 0 spiro atoms. The Kier molecular flexibility index (Phi) is 2.30. The van der Waals surface area contributed by atoms with Crippen molar-refractivity contribution < 1.29 is 9.21 Å². The maximum atomic E-state index is 11.4. The van der Waals surface area contributed by atoms with Gasteiger partial charge in [-0.15, -0.1) is 0 Å². The van der Waals surface area contributed by atoms with E-state index in [1.807, 2.05) is 12.1 Å². The van der Waals surface area contributed by atoms with Crippen LogP contribution in [0.4, 0.5) is 0 Å². The molecule has 0 radical (unpaired) electrons. The van der Waals surface area contributed by atoms with Crippen LogP contribution in [0.25, 0.3) is 11.0 Å². The first-order valence-electron chi connectivity index (χ1n) is 4.43. The summed E-state index contributed by atoms with van der Waals surface area (Å²) >= 11 is 5.91. The number of hydrogen-bond acceptors (Lipinski definition) is 2. The van der Waals surface area contributed by atoms with Gasteiger partial charge in [0.1, 0.15) is 0 Å². The van der Waals surface area contributed by atoms with Crippen LogP contribution >= 0.6 is 11.6 Å². The molecular formula is C11H9ClO2. The molecule has 2 nitrogen and oxygen atoms in total. The van der Waals surface area contributed by atoms with Crippen molar-refractivity contribution in [1.82, 2.24) is 0 Å². The van der Waals surface area contributed by atoms with Gasteiger partial charge in [0.05, 0.1) is 5.02 Å². The molecule has 2 aromatic rings. The molecule has 0 fully saturated rings. The number of ketones is 1. The molecule has 1 heterocycles. The van der Waals surface area contributed by atoms with Crippen LogP contribution in [0.5, 0.6) is 0 Å². The summed E-state index contributed by atoms with van der Waals surface area (Å²) in [5, 5.41) is 1.41. The molecule has 0 aliphatic carbocycles. The van der Waals surface area contributed by atoms with Crippen molar-refractivity contribution in [3.05, 3.63) is 35.0 Å². The second-order valence-electron chi connectivity index (χ2n) is 3.05. The summed E-state index contributed by atoms with van der Waals surface area (Å²) in [6, 6.07) is 7.18. The van der Waals surface area contributed by atoms with Crippen molar-refractivity contribution in [2.45, 2.75) is 13.3 Å². The topological polar surface area (TPSA) is 30.2 Å². The van der Waals surface area contributed by atoms with E-state index in [1.165, 1.54) is 0 Å². The Balaban J connectivity index is 2.62. The van der Waals surface area contributed by atoms with Gasteiger partial charge in [-0.2, -0.15) is 0 Å². The summed E-state index contributed by atoms with van der Waals surface area (Å²) in [5.74, 6) is 0.382. The highest BCUT2D eigenvalue weighted by molar-refractivity contribution is 6.34. The maximum absolute atomic E-state index is 11.4. The molecule has 72 valence electrons. The summed E-state index contributed by atoms with van der Waals surface area (Å²) in [5.41, 5.74) is 0.589. The van der Waals surface area contributed by atoms with Crippen molar-refractivity contribution >= 4 is 28.4 Å². The summed E-state index contributed by atoms with van der Waals surface area (Å²) in [6.45, 7) is 1.80. The molecule has 0 aliphatic rings. The minimum absolute atomic E-state index is 0.00253. The van der Waals surface area contributed by atoms with E-state index in [4.69, 9.17) is 16.0 Å². The lowest BCUT2D eigenvalue weighted by Crippen LogP contribution is -1.92. The van der Waals surface area contributed by atoms with Crippen LogP contribution in [0, 0.1) is 0 Å². The normalized spacial score (nSPS) is 10.7. The van der Waals surface area contributed by atoms with Gasteiger partial charge in [0, 0.05) is 11.8 Å². The van der Waals surface area contributed by atoms with Crippen LogP contribution in [-0.2, 0) is 0 Å². The number of carbonyl (C=O) groups is 1. The fourth-order valence-corrected chi connectivity index (χ4v) is 1.56. The first-order chi connectivity index (χ1) is 6.72. The number of halogens is 1. The standard InChI is InChI=1S/C11H9ClO2/c1-2-9(13)10-6-7-4-3-5-8(12)11(7)14-10/h3-6H,2H2,1H3. The van der Waals surface area contributed by atoms with Gasteiger partial charge < -0.3 is 4.42 Å². The second-order valence-corrected chi connectivity index (χ2v) is 3.45. The molecule has 2 rings (SSSR count). The first kappa shape index (κ1) is 9.28. The molecule has 0 aliphatic heterocycles. The van der Waals surface area contributed by atoms with Gasteiger partial charge in [-0.1, -0.05) is 30.7 Å². The lowest BCUT2D eigenvalue weighted by atomic mass is 10.2. The molecule has 0 atom stereocenters. The third kappa shape index (κ3) is 1.42. The largest absolute Gasteiger partial charge is 0.451 e. The molecule has 14 heavy (non-hydrogen) atoms. The molecule has 0 N–H and O–H groups in total. The van der Waals surface area contributed by atoms with Gasteiger partial charge >= 0.3 is 0 Å². The summed E-state index contributed by atoms with van der Waals surface area (Å²) in [4.78, 5) is 11.4. The minimum atomic E-state index is -0.00253. The smallest absolute Gasteiger partial charge is 0.197 e. The van der Waals surface area contributed by atoms with Crippen LogP contribution < -0.4 is 0 Å². The SMILES string of the molecule is CCC(=O)c1cc2cccc(Cl)c2o1. The van der Waals surface area contributed by atoms with Gasteiger partial charge in [-0.3, -0.25) is 4.79 Å². The van der Waals surface area contributed by atoms with E-state index >= 15 is 0 Å². The molecule has 1 aromatic carbocycles. The van der Waals surface area contributed by atoms with Crippen molar-refractivity contribution in [2.24, 2.45) is 0 Å². The number of carbonyl (C=O) groups excluding carboxylic acids is 1. The zero-order valence-electron chi connectivity index (χ0n) is 7.71. The number of hydrogen-bond donors (Lipinski definition) is 0. The van der Waals surface area contributed by atoms with E-state index in [2.05, 4.69) is 0 Å². The number of Topliss-reactive ketones (excluding diaryl/α,β-unsaturated/α-hetero) is 1. The minimum Gasteiger partial charge on any atom is -0.451 e. The first-order valence-corrected chi connectivity index (χ1v) is 4.81. The average molecular weight is 209 g/mol. The monoisotopic (exact) mass is 208 g/mol. The molecule has 1 aromatic heterocycles. The van der Waals surface area contributed by atoms with Gasteiger partial charge in [0.15, 0.2) is 17.1 Å². The Hall–Kier alpha value is -1.28. The fourth-order valence-electron chi connectivity index (χ4n) is 1.34. The Bertz CT molecular complexity index is 485. The van der Waals surface area contributed by atoms with Crippen LogP contribution in [0.2, 0.25) is 5.02 Å². The number of para-hydroxylation sites is 1. The van der Waals surface area contributed by atoms with Crippen LogP contribution in [0.3, 0.4) is 0 Å². The highest BCUT2D eigenvalue weighted by atomic mass is 35.5. The molecule has 0 saturated heterocycles. The molecule has 3 heteroatoms. The number of furan rings is 1. The second kappa shape index (κ2) is 3.46. The summed E-state index contributed by atoms with van der Waals surface area (Å²) in [7, 11) is 0. The van der Waals surface area contributed by atoms with E-state index < -0.39 is 0 Å². The van der Waals surface area contributed by atoms with E-state index in [1.54, 1.807) is 19.1 Å². The Morgan fingerprint density at radius 2 is 2.29 bits per heavy atom. The molecular weight excluding hydrogens is 200 g/mol. The lowest BCUT2D eigenvalue weighted by molar-refractivity contribution is 0.0963. The highest BCUT2D eigenvalue weighted by Gasteiger charge is 2.11. The van der Waals surface area contributed by atoms with Crippen LogP contribution in [0.15, 0.2) is 28.7 Å². The number of benzene rings is 1. The number of fused-ring (bicyclic) bond motifs is 1. The third-order valence-electron chi connectivity index (χ3n) is 2.09. The van der Waals surface area contributed by atoms with E-state index in [0.29, 0.717) is 22.8 Å². The maximum Gasteiger partial charge on any atom is 0.197 e. The van der Waals surface area contributed by atoms with E-state index in [-0.39, 0.29) is 5.78 Å². The van der Waals surface area contributed by atoms with Crippen LogP contribution in [0.1, 0.15) is 23.9 Å². The van der Waals surface area contributed by atoms with Crippen molar-refractivity contribution in [1.29, 1.82) is 0 Å². The Morgan fingerprint density at radius 1 is 1.50 bits per heavy atom.